The number of halogens is 1. The number of aliphatic imine (C=N–C) groups is 1. The van der Waals surface area contributed by atoms with Crippen molar-refractivity contribution >= 4 is 46.2 Å². The van der Waals surface area contributed by atoms with Crippen LogP contribution in [0.4, 0.5) is 0 Å². The maximum Gasteiger partial charge on any atom is 0.193 e. The Bertz CT molecular complexity index is 622. The third kappa shape index (κ3) is 6.10. The van der Waals surface area contributed by atoms with Gasteiger partial charge in [0.25, 0.3) is 0 Å². The minimum absolute atomic E-state index is 0. The van der Waals surface area contributed by atoms with Crippen LogP contribution in [-0.4, -0.2) is 40.1 Å². The van der Waals surface area contributed by atoms with E-state index in [1.807, 2.05) is 22.2 Å². The molecule has 2 heterocycles. The number of thiazole rings is 1. The van der Waals surface area contributed by atoms with Crippen LogP contribution in [0.15, 0.2) is 22.8 Å². The molecular formula is C17H30IN5OS. The van der Waals surface area contributed by atoms with Crippen molar-refractivity contribution in [1.82, 2.24) is 20.0 Å². The Labute approximate surface area is 171 Å². The molecule has 0 fully saturated rings. The molecule has 25 heavy (non-hydrogen) atoms. The van der Waals surface area contributed by atoms with Crippen LogP contribution in [0.3, 0.4) is 0 Å². The fourth-order valence-corrected chi connectivity index (χ4v) is 3.52. The fourth-order valence-electron chi connectivity index (χ4n) is 2.80. The average Bonchev–Trinajstić information content (AvgIpc) is 3.17. The standard InChI is InChI=1S/C17H29N5OS.HI/c1-4-17(5-2,7-9-23)13-20-15(18-6-3)19-11-14-12-22-8-10-24-16(22)21-14;/h8,10,12,23H,4-7,9,11,13H2,1-3H3,(H2,18,19,20);1H. The molecule has 6 nitrogen and oxygen atoms in total. The van der Waals surface area contributed by atoms with Gasteiger partial charge in [-0.3, -0.25) is 4.40 Å². The Balaban J connectivity index is 0.00000312. The maximum absolute atomic E-state index is 9.35. The van der Waals surface area contributed by atoms with Gasteiger partial charge in [0.15, 0.2) is 10.9 Å². The minimum atomic E-state index is 0. The van der Waals surface area contributed by atoms with Crippen LogP contribution < -0.4 is 10.6 Å². The first-order valence-electron chi connectivity index (χ1n) is 8.70. The van der Waals surface area contributed by atoms with E-state index in [-0.39, 0.29) is 36.0 Å². The number of nitrogens with zero attached hydrogens (tertiary/aromatic N) is 3. The number of nitrogens with one attached hydrogen (secondary N) is 2. The monoisotopic (exact) mass is 479 g/mol. The van der Waals surface area contributed by atoms with E-state index in [9.17, 15) is 5.11 Å². The van der Waals surface area contributed by atoms with Crippen LogP contribution in [-0.2, 0) is 6.54 Å². The van der Waals surface area contributed by atoms with Gasteiger partial charge in [-0.2, -0.15) is 0 Å². The van der Waals surface area contributed by atoms with E-state index < -0.39 is 0 Å². The van der Waals surface area contributed by atoms with E-state index in [2.05, 4.69) is 41.4 Å². The van der Waals surface area contributed by atoms with Crippen LogP contribution in [0.5, 0.6) is 0 Å². The lowest BCUT2D eigenvalue weighted by Crippen LogP contribution is -2.43. The molecule has 0 saturated carbocycles. The molecule has 0 aliphatic heterocycles. The van der Waals surface area contributed by atoms with Gasteiger partial charge >= 0.3 is 0 Å². The van der Waals surface area contributed by atoms with E-state index in [1.54, 1.807) is 11.3 Å². The van der Waals surface area contributed by atoms with Crippen molar-refractivity contribution in [3.05, 3.63) is 23.5 Å². The van der Waals surface area contributed by atoms with E-state index in [1.165, 1.54) is 0 Å². The lowest BCUT2D eigenvalue weighted by atomic mass is 9.79. The number of aliphatic hydroxyl groups is 1. The summed E-state index contributed by atoms with van der Waals surface area (Å²) in [6.07, 6.45) is 6.91. The molecule has 0 radical (unpaired) electrons. The summed E-state index contributed by atoms with van der Waals surface area (Å²) in [4.78, 5) is 10.2. The molecule has 0 unspecified atom stereocenters. The highest BCUT2D eigenvalue weighted by atomic mass is 127. The number of hydrogen-bond donors (Lipinski definition) is 3. The molecule has 142 valence electrons. The normalized spacial score (nSPS) is 12.2. The molecule has 0 bridgehead atoms. The van der Waals surface area contributed by atoms with Crippen LogP contribution in [0, 0.1) is 5.41 Å². The predicted octanol–water partition coefficient (Wildman–Crippen LogP) is 3.26. The van der Waals surface area contributed by atoms with Crippen LogP contribution in [0.2, 0.25) is 0 Å². The van der Waals surface area contributed by atoms with Crippen molar-refractivity contribution in [1.29, 1.82) is 0 Å². The zero-order chi connectivity index (χ0) is 17.4. The zero-order valence-electron chi connectivity index (χ0n) is 15.3. The Morgan fingerprint density at radius 2 is 2.08 bits per heavy atom. The Morgan fingerprint density at radius 1 is 1.32 bits per heavy atom. The largest absolute Gasteiger partial charge is 0.396 e. The topological polar surface area (TPSA) is 74.0 Å². The molecule has 0 aromatic carbocycles. The van der Waals surface area contributed by atoms with Gasteiger partial charge in [-0.05, 0) is 31.6 Å². The quantitative estimate of drug-likeness (QED) is 0.293. The number of hydrogen-bond acceptors (Lipinski definition) is 4. The van der Waals surface area contributed by atoms with Gasteiger partial charge in [-0.1, -0.05) is 13.8 Å². The van der Waals surface area contributed by atoms with Gasteiger partial charge in [0.05, 0.1) is 12.2 Å². The maximum atomic E-state index is 9.35. The van der Waals surface area contributed by atoms with Crippen molar-refractivity contribution < 1.29 is 5.11 Å². The Morgan fingerprint density at radius 3 is 2.68 bits per heavy atom. The SMILES string of the molecule is CCNC(=NCc1cn2ccsc2n1)NCC(CC)(CC)CCO.I. The number of aromatic nitrogens is 2. The minimum Gasteiger partial charge on any atom is -0.396 e. The summed E-state index contributed by atoms with van der Waals surface area (Å²) in [5.74, 6) is 0.804. The lowest BCUT2D eigenvalue weighted by molar-refractivity contribution is 0.169. The second-order valence-electron chi connectivity index (χ2n) is 6.05. The Kier molecular flexibility index (Phi) is 9.73. The zero-order valence-corrected chi connectivity index (χ0v) is 18.4. The van der Waals surface area contributed by atoms with Gasteiger partial charge < -0.3 is 15.7 Å². The predicted molar refractivity (Wildman–Crippen MR) is 116 cm³/mol. The molecule has 2 aromatic rings. The van der Waals surface area contributed by atoms with Gasteiger partial charge in [0.1, 0.15) is 0 Å². The number of aliphatic hydroxyl groups excluding tert-OH is 1. The second kappa shape index (κ2) is 11.0. The van der Waals surface area contributed by atoms with E-state index in [4.69, 9.17) is 0 Å². The molecule has 0 saturated heterocycles. The second-order valence-corrected chi connectivity index (χ2v) is 6.93. The fraction of sp³-hybridized carbons (Fsp3) is 0.647. The molecule has 3 N–H and O–H groups in total. The lowest BCUT2D eigenvalue weighted by Gasteiger charge is -2.32. The molecule has 0 aliphatic carbocycles. The van der Waals surface area contributed by atoms with E-state index >= 15 is 0 Å². The van der Waals surface area contributed by atoms with Gasteiger partial charge in [0.2, 0.25) is 0 Å². The molecule has 2 rings (SSSR count). The van der Waals surface area contributed by atoms with Crippen molar-refractivity contribution in [3.63, 3.8) is 0 Å². The third-order valence-electron chi connectivity index (χ3n) is 4.66. The first-order valence-corrected chi connectivity index (χ1v) is 9.58. The van der Waals surface area contributed by atoms with Crippen molar-refractivity contribution in [2.75, 3.05) is 19.7 Å². The molecular weight excluding hydrogens is 449 g/mol. The van der Waals surface area contributed by atoms with Gasteiger partial charge in [0, 0.05) is 37.5 Å². The molecule has 8 heteroatoms. The first-order chi connectivity index (χ1) is 11.7. The number of fused-ring (bicyclic) bond motifs is 1. The van der Waals surface area contributed by atoms with Gasteiger partial charge in [-0.25, -0.2) is 9.98 Å². The van der Waals surface area contributed by atoms with Crippen molar-refractivity contribution in [2.45, 2.75) is 46.6 Å². The molecule has 0 atom stereocenters. The summed E-state index contributed by atoms with van der Waals surface area (Å²) < 4.78 is 2.02. The third-order valence-corrected chi connectivity index (χ3v) is 5.43. The van der Waals surface area contributed by atoms with Crippen LogP contribution >= 0.6 is 35.3 Å². The highest BCUT2D eigenvalue weighted by Gasteiger charge is 2.25. The average molecular weight is 479 g/mol. The van der Waals surface area contributed by atoms with Crippen molar-refractivity contribution in [2.24, 2.45) is 10.4 Å². The first kappa shape index (κ1) is 22.2. The summed E-state index contributed by atoms with van der Waals surface area (Å²) in [6.45, 7) is 8.83. The molecule has 0 spiro atoms. The number of guanidine groups is 1. The Hall–Kier alpha value is -0.870. The van der Waals surface area contributed by atoms with E-state index in [0.717, 1.165) is 49.0 Å². The summed E-state index contributed by atoms with van der Waals surface area (Å²) in [6, 6.07) is 0. The molecule has 0 amide bonds. The van der Waals surface area contributed by atoms with Crippen LogP contribution in [0.1, 0.15) is 45.7 Å². The molecule has 0 aliphatic rings. The van der Waals surface area contributed by atoms with Crippen LogP contribution in [0.25, 0.3) is 4.96 Å². The highest BCUT2D eigenvalue weighted by Crippen LogP contribution is 2.29. The number of rotatable bonds is 9. The number of imidazole rings is 1. The summed E-state index contributed by atoms with van der Waals surface area (Å²) in [5, 5.41) is 18.1. The summed E-state index contributed by atoms with van der Waals surface area (Å²) >= 11 is 1.63. The van der Waals surface area contributed by atoms with E-state index in [0.29, 0.717) is 6.54 Å². The molecule has 2 aromatic heterocycles. The summed E-state index contributed by atoms with van der Waals surface area (Å²) in [7, 11) is 0. The highest BCUT2D eigenvalue weighted by molar-refractivity contribution is 14.0. The van der Waals surface area contributed by atoms with Crippen molar-refractivity contribution in [3.8, 4) is 0 Å². The summed E-state index contributed by atoms with van der Waals surface area (Å²) in [5.41, 5.74) is 1.08. The van der Waals surface area contributed by atoms with Gasteiger partial charge in [-0.15, -0.1) is 35.3 Å². The smallest absolute Gasteiger partial charge is 0.193 e.